The van der Waals surface area contributed by atoms with E-state index in [4.69, 9.17) is 9.15 Å². The summed E-state index contributed by atoms with van der Waals surface area (Å²) in [6.45, 7) is 3.41. The highest BCUT2D eigenvalue weighted by molar-refractivity contribution is 5.32. The van der Waals surface area contributed by atoms with E-state index < -0.39 is 0 Å². The molecule has 4 nitrogen and oxygen atoms in total. The molecule has 0 spiro atoms. The molecule has 23 heavy (non-hydrogen) atoms. The lowest BCUT2D eigenvalue weighted by molar-refractivity contribution is 0.213. The fourth-order valence-electron chi connectivity index (χ4n) is 3.19. The van der Waals surface area contributed by atoms with E-state index >= 15 is 0 Å². The molecule has 124 valence electrons. The predicted octanol–water partition coefficient (Wildman–Crippen LogP) is 3.31. The van der Waals surface area contributed by atoms with Gasteiger partial charge in [-0.1, -0.05) is 12.1 Å². The van der Waals surface area contributed by atoms with Crippen LogP contribution in [-0.2, 0) is 0 Å². The lowest BCUT2D eigenvalue weighted by Gasteiger charge is -2.30. The first-order valence-electron chi connectivity index (χ1n) is 8.35. The van der Waals surface area contributed by atoms with Crippen molar-refractivity contribution >= 4 is 0 Å². The van der Waals surface area contributed by atoms with Gasteiger partial charge in [0.15, 0.2) is 0 Å². The van der Waals surface area contributed by atoms with E-state index in [2.05, 4.69) is 29.4 Å². The molecule has 1 aliphatic rings. The van der Waals surface area contributed by atoms with Gasteiger partial charge in [0.05, 0.1) is 19.4 Å². The molecule has 0 unspecified atom stereocenters. The minimum Gasteiger partial charge on any atom is -0.497 e. The molecule has 4 heteroatoms. The van der Waals surface area contributed by atoms with Gasteiger partial charge in [-0.05, 0) is 75.3 Å². The molecule has 3 rings (SSSR count). The minimum absolute atomic E-state index is 0.0931. The van der Waals surface area contributed by atoms with Crippen molar-refractivity contribution in [2.45, 2.75) is 18.9 Å². The van der Waals surface area contributed by atoms with Gasteiger partial charge in [0.25, 0.3) is 0 Å². The predicted molar refractivity (Wildman–Crippen MR) is 91.8 cm³/mol. The number of methoxy groups -OCH3 is 1. The molecule has 1 aromatic carbocycles. The van der Waals surface area contributed by atoms with Crippen LogP contribution in [0.5, 0.6) is 5.75 Å². The number of ether oxygens (including phenoxy) is 1. The third-order valence-corrected chi connectivity index (χ3v) is 4.73. The van der Waals surface area contributed by atoms with Crippen LogP contribution in [0, 0.1) is 5.92 Å². The molecule has 2 aromatic rings. The summed E-state index contributed by atoms with van der Waals surface area (Å²) in [4.78, 5) is 2.41. The summed E-state index contributed by atoms with van der Waals surface area (Å²) in [6.07, 6.45) is 4.26. The highest BCUT2D eigenvalue weighted by Crippen LogP contribution is 2.25. The average molecular weight is 314 g/mol. The van der Waals surface area contributed by atoms with Crippen LogP contribution in [-0.4, -0.2) is 38.7 Å². The Morgan fingerprint density at radius 1 is 1.22 bits per heavy atom. The third kappa shape index (κ3) is 4.15. The Morgan fingerprint density at radius 3 is 2.57 bits per heavy atom. The lowest BCUT2D eigenvalue weighted by atomic mass is 9.96. The fourth-order valence-corrected chi connectivity index (χ4v) is 3.19. The number of furan rings is 1. The van der Waals surface area contributed by atoms with E-state index in [1.807, 2.05) is 24.3 Å². The van der Waals surface area contributed by atoms with E-state index in [0.29, 0.717) is 0 Å². The first kappa shape index (κ1) is 16.1. The maximum absolute atomic E-state index is 5.66. The van der Waals surface area contributed by atoms with Gasteiger partial charge in [-0.15, -0.1) is 0 Å². The van der Waals surface area contributed by atoms with Crippen molar-refractivity contribution in [3.63, 3.8) is 0 Å². The Balaban J connectivity index is 1.68. The largest absolute Gasteiger partial charge is 0.497 e. The molecule has 0 amide bonds. The second-order valence-electron chi connectivity index (χ2n) is 6.38. The third-order valence-electron chi connectivity index (χ3n) is 4.73. The van der Waals surface area contributed by atoms with Crippen LogP contribution in [0.2, 0.25) is 0 Å². The Bertz CT molecular complexity index is 572. The van der Waals surface area contributed by atoms with Crippen LogP contribution in [0.3, 0.4) is 0 Å². The molecular weight excluding hydrogens is 288 g/mol. The van der Waals surface area contributed by atoms with Crippen molar-refractivity contribution in [2.24, 2.45) is 5.92 Å². The molecule has 0 aliphatic carbocycles. The van der Waals surface area contributed by atoms with E-state index in [1.54, 1.807) is 13.4 Å². The molecule has 1 aromatic heterocycles. The van der Waals surface area contributed by atoms with Gasteiger partial charge in [-0.25, -0.2) is 0 Å². The number of hydrogen-bond donors (Lipinski definition) is 1. The summed E-state index contributed by atoms with van der Waals surface area (Å²) in [6, 6.07) is 12.3. The molecular formula is C19H26N2O2. The summed E-state index contributed by atoms with van der Waals surface area (Å²) >= 11 is 0. The molecule has 1 saturated heterocycles. The normalized spacial score (nSPS) is 18.0. The Morgan fingerprint density at radius 2 is 1.96 bits per heavy atom. The van der Waals surface area contributed by atoms with Crippen molar-refractivity contribution in [3.05, 3.63) is 54.0 Å². The smallest absolute Gasteiger partial charge is 0.125 e. The van der Waals surface area contributed by atoms with Crippen molar-refractivity contribution in [1.82, 2.24) is 10.2 Å². The maximum atomic E-state index is 5.66. The van der Waals surface area contributed by atoms with Crippen molar-refractivity contribution in [1.29, 1.82) is 0 Å². The minimum atomic E-state index is 0.0931. The zero-order valence-corrected chi connectivity index (χ0v) is 14.0. The molecule has 0 radical (unpaired) electrons. The second kappa shape index (κ2) is 7.66. The van der Waals surface area contributed by atoms with Crippen LogP contribution >= 0.6 is 0 Å². The number of piperidine rings is 1. The quantitative estimate of drug-likeness (QED) is 0.888. The monoisotopic (exact) mass is 314 g/mol. The van der Waals surface area contributed by atoms with Crippen LogP contribution < -0.4 is 10.1 Å². The molecule has 2 heterocycles. The van der Waals surface area contributed by atoms with Crippen LogP contribution in [0.25, 0.3) is 0 Å². The summed E-state index contributed by atoms with van der Waals surface area (Å²) in [5.74, 6) is 2.58. The van der Waals surface area contributed by atoms with Crippen molar-refractivity contribution < 1.29 is 9.15 Å². The molecule has 0 bridgehead atoms. The SMILES string of the molecule is COc1ccc([C@@H](NCC2CCN(C)CC2)c2ccco2)cc1. The highest BCUT2D eigenvalue weighted by Gasteiger charge is 2.21. The Labute approximate surface area is 138 Å². The van der Waals surface area contributed by atoms with Crippen molar-refractivity contribution in [2.75, 3.05) is 33.8 Å². The Kier molecular flexibility index (Phi) is 5.36. The summed E-state index contributed by atoms with van der Waals surface area (Å²) in [5, 5.41) is 3.71. The number of likely N-dealkylation sites (tertiary alicyclic amines) is 1. The van der Waals surface area contributed by atoms with Gasteiger partial charge in [-0.2, -0.15) is 0 Å². The van der Waals surface area contributed by atoms with Crippen LogP contribution in [0.15, 0.2) is 47.1 Å². The summed E-state index contributed by atoms with van der Waals surface area (Å²) in [7, 11) is 3.89. The highest BCUT2D eigenvalue weighted by atomic mass is 16.5. The van der Waals surface area contributed by atoms with E-state index in [-0.39, 0.29) is 6.04 Å². The number of nitrogens with one attached hydrogen (secondary N) is 1. The van der Waals surface area contributed by atoms with Gasteiger partial charge in [0.2, 0.25) is 0 Å². The summed E-state index contributed by atoms with van der Waals surface area (Å²) in [5.41, 5.74) is 1.20. The van der Waals surface area contributed by atoms with Gasteiger partial charge in [0, 0.05) is 0 Å². The van der Waals surface area contributed by atoms with E-state index in [1.165, 1.54) is 31.5 Å². The van der Waals surface area contributed by atoms with Crippen LogP contribution in [0.1, 0.15) is 30.2 Å². The van der Waals surface area contributed by atoms with E-state index in [0.717, 1.165) is 24.0 Å². The van der Waals surface area contributed by atoms with Gasteiger partial charge >= 0.3 is 0 Å². The lowest BCUT2D eigenvalue weighted by Crippen LogP contribution is -2.36. The zero-order chi connectivity index (χ0) is 16.1. The standard InChI is InChI=1S/C19H26N2O2/c1-21-11-9-15(10-12-21)14-20-19(18-4-3-13-23-18)16-5-7-17(22-2)8-6-16/h3-8,13,15,19-20H,9-12,14H2,1-2H3/t19-/m1/s1. The molecule has 1 N–H and O–H groups in total. The van der Waals surface area contributed by atoms with Crippen molar-refractivity contribution in [3.8, 4) is 5.75 Å². The molecule has 1 aliphatic heterocycles. The Hall–Kier alpha value is -1.78. The number of rotatable bonds is 6. The van der Waals surface area contributed by atoms with Crippen LogP contribution in [0.4, 0.5) is 0 Å². The number of benzene rings is 1. The first-order valence-corrected chi connectivity index (χ1v) is 8.35. The molecule has 1 atom stereocenters. The second-order valence-corrected chi connectivity index (χ2v) is 6.38. The van der Waals surface area contributed by atoms with Gasteiger partial charge in [-0.3, -0.25) is 0 Å². The molecule has 1 fully saturated rings. The topological polar surface area (TPSA) is 37.6 Å². The van der Waals surface area contributed by atoms with Gasteiger partial charge < -0.3 is 19.4 Å². The first-order chi connectivity index (χ1) is 11.3. The maximum Gasteiger partial charge on any atom is 0.125 e. The fraction of sp³-hybridized carbons (Fsp3) is 0.474. The molecule has 0 saturated carbocycles. The number of nitrogens with zero attached hydrogens (tertiary/aromatic N) is 1. The summed E-state index contributed by atoms with van der Waals surface area (Å²) < 4.78 is 10.9. The average Bonchev–Trinajstić information content (AvgIpc) is 3.12. The van der Waals surface area contributed by atoms with Gasteiger partial charge in [0.1, 0.15) is 11.5 Å². The van der Waals surface area contributed by atoms with E-state index in [9.17, 15) is 0 Å². The number of hydrogen-bond acceptors (Lipinski definition) is 4. The zero-order valence-electron chi connectivity index (χ0n) is 14.0.